The molecule has 108 valence electrons. The van der Waals surface area contributed by atoms with Gasteiger partial charge in [0.1, 0.15) is 4.90 Å². The van der Waals surface area contributed by atoms with Gasteiger partial charge in [-0.25, -0.2) is 13.1 Å². The van der Waals surface area contributed by atoms with Crippen LogP contribution in [0.25, 0.3) is 0 Å². The van der Waals surface area contributed by atoms with Gasteiger partial charge in [0.05, 0.1) is 11.6 Å². The van der Waals surface area contributed by atoms with Gasteiger partial charge in [-0.2, -0.15) is 0 Å². The smallest absolute Gasteiger partial charge is 0.242 e. The van der Waals surface area contributed by atoms with Crippen molar-refractivity contribution in [1.29, 1.82) is 0 Å². The molecule has 0 bridgehead atoms. The Morgan fingerprint density at radius 1 is 1.30 bits per heavy atom. The first kappa shape index (κ1) is 15.0. The van der Waals surface area contributed by atoms with Crippen LogP contribution >= 0.6 is 11.6 Å². The quantitative estimate of drug-likeness (QED) is 0.915. The van der Waals surface area contributed by atoms with Crippen molar-refractivity contribution in [2.75, 3.05) is 0 Å². The van der Waals surface area contributed by atoms with Crippen molar-refractivity contribution in [3.63, 3.8) is 0 Å². The molecule has 0 unspecified atom stereocenters. The Morgan fingerprint density at radius 3 is 2.60 bits per heavy atom. The Hall–Kier alpha value is -1.44. The third-order valence-corrected chi connectivity index (χ3v) is 4.42. The van der Waals surface area contributed by atoms with E-state index in [-0.39, 0.29) is 28.3 Å². The van der Waals surface area contributed by atoms with Crippen molar-refractivity contribution in [2.24, 2.45) is 0 Å². The number of sulfonamides is 1. The maximum Gasteiger partial charge on any atom is 0.242 e. The molecule has 0 aliphatic rings. The van der Waals surface area contributed by atoms with E-state index in [1.54, 1.807) is 12.1 Å². The van der Waals surface area contributed by atoms with E-state index < -0.39 is 10.0 Å². The van der Waals surface area contributed by atoms with Crippen LogP contribution < -0.4 is 4.72 Å². The predicted octanol–water partition coefficient (Wildman–Crippen LogP) is 2.32. The van der Waals surface area contributed by atoms with Crippen molar-refractivity contribution in [3.8, 4) is 0 Å². The van der Waals surface area contributed by atoms with E-state index in [4.69, 9.17) is 16.0 Å². The van der Waals surface area contributed by atoms with Gasteiger partial charge in [-0.05, 0) is 12.1 Å². The molecule has 0 spiro atoms. The maximum absolute atomic E-state index is 12.1. The lowest BCUT2D eigenvalue weighted by Crippen LogP contribution is -2.23. The maximum atomic E-state index is 12.1. The molecule has 0 saturated carbocycles. The zero-order valence-corrected chi connectivity index (χ0v) is 12.6. The van der Waals surface area contributed by atoms with E-state index in [0.29, 0.717) is 5.89 Å². The zero-order chi connectivity index (χ0) is 14.8. The molecule has 0 atom stereocenters. The molecule has 1 N–H and O–H groups in total. The molecule has 6 nitrogen and oxygen atoms in total. The second-order valence-corrected chi connectivity index (χ2v) is 6.59. The van der Waals surface area contributed by atoms with Crippen LogP contribution in [0.3, 0.4) is 0 Å². The lowest BCUT2D eigenvalue weighted by molar-refractivity contribution is 0.427. The van der Waals surface area contributed by atoms with Crippen LogP contribution in [-0.2, 0) is 16.6 Å². The molecular weight excluding hydrogens is 302 g/mol. The molecule has 1 aromatic carbocycles. The van der Waals surface area contributed by atoms with Crippen LogP contribution in [0.4, 0.5) is 0 Å². The average molecular weight is 316 g/mol. The molecule has 0 aliphatic heterocycles. The van der Waals surface area contributed by atoms with Gasteiger partial charge in [0.25, 0.3) is 0 Å². The van der Waals surface area contributed by atoms with Gasteiger partial charge in [-0.15, -0.1) is 10.2 Å². The van der Waals surface area contributed by atoms with Crippen molar-refractivity contribution >= 4 is 21.6 Å². The summed E-state index contributed by atoms with van der Waals surface area (Å²) < 4.78 is 31.9. The SMILES string of the molecule is CC(C)c1nnc(CNS(=O)(=O)c2ccccc2Cl)o1. The zero-order valence-electron chi connectivity index (χ0n) is 11.0. The first-order valence-electron chi connectivity index (χ1n) is 5.96. The second kappa shape index (κ2) is 5.90. The van der Waals surface area contributed by atoms with E-state index in [1.807, 2.05) is 13.8 Å². The summed E-state index contributed by atoms with van der Waals surface area (Å²) in [5.41, 5.74) is 0. The van der Waals surface area contributed by atoms with Gasteiger partial charge in [0, 0.05) is 5.92 Å². The lowest BCUT2D eigenvalue weighted by atomic mass is 10.2. The summed E-state index contributed by atoms with van der Waals surface area (Å²) in [6.45, 7) is 3.74. The fourth-order valence-electron chi connectivity index (χ4n) is 1.47. The fraction of sp³-hybridized carbons (Fsp3) is 0.333. The highest BCUT2D eigenvalue weighted by atomic mass is 35.5. The molecular formula is C12H14ClN3O3S. The minimum Gasteiger partial charge on any atom is -0.424 e. The highest BCUT2D eigenvalue weighted by Crippen LogP contribution is 2.20. The number of halogens is 1. The first-order valence-corrected chi connectivity index (χ1v) is 7.82. The van der Waals surface area contributed by atoms with Crippen molar-refractivity contribution in [3.05, 3.63) is 41.1 Å². The highest BCUT2D eigenvalue weighted by molar-refractivity contribution is 7.89. The van der Waals surface area contributed by atoms with Crippen LogP contribution in [-0.4, -0.2) is 18.6 Å². The third kappa shape index (κ3) is 3.36. The summed E-state index contributed by atoms with van der Waals surface area (Å²) in [5.74, 6) is 0.776. The molecule has 8 heteroatoms. The molecule has 1 heterocycles. The highest BCUT2D eigenvalue weighted by Gasteiger charge is 2.18. The number of nitrogens with one attached hydrogen (secondary N) is 1. The van der Waals surface area contributed by atoms with Gasteiger partial charge in [-0.1, -0.05) is 37.6 Å². The number of benzene rings is 1. The van der Waals surface area contributed by atoms with E-state index in [2.05, 4.69) is 14.9 Å². The Kier molecular flexibility index (Phi) is 4.42. The van der Waals surface area contributed by atoms with Crippen LogP contribution in [0.15, 0.2) is 33.6 Å². The van der Waals surface area contributed by atoms with E-state index in [1.165, 1.54) is 12.1 Å². The Bertz CT molecular complexity index is 697. The van der Waals surface area contributed by atoms with Gasteiger partial charge >= 0.3 is 0 Å². The molecule has 2 aromatic rings. The largest absolute Gasteiger partial charge is 0.424 e. The van der Waals surface area contributed by atoms with Gasteiger partial charge < -0.3 is 4.42 Å². The van der Waals surface area contributed by atoms with Crippen LogP contribution in [0.2, 0.25) is 5.02 Å². The summed E-state index contributed by atoms with van der Waals surface area (Å²) in [5, 5.41) is 7.77. The van der Waals surface area contributed by atoms with Crippen LogP contribution in [0.5, 0.6) is 0 Å². The summed E-state index contributed by atoms with van der Waals surface area (Å²) >= 11 is 5.87. The van der Waals surface area contributed by atoms with E-state index in [9.17, 15) is 8.42 Å². The Balaban J connectivity index is 2.11. The number of aromatic nitrogens is 2. The van der Waals surface area contributed by atoms with Crippen molar-refractivity contribution < 1.29 is 12.8 Å². The van der Waals surface area contributed by atoms with Gasteiger partial charge in [0.2, 0.25) is 21.8 Å². The van der Waals surface area contributed by atoms with Crippen molar-refractivity contribution in [2.45, 2.75) is 31.2 Å². The van der Waals surface area contributed by atoms with E-state index >= 15 is 0 Å². The molecule has 1 aromatic heterocycles. The summed E-state index contributed by atoms with van der Waals surface area (Å²) in [6.07, 6.45) is 0. The predicted molar refractivity (Wildman–Crippen MR) is 73.9 cm³/mol. The molecule has 0 fully saturated rings. The minimum absolute atomic E-state index is 0.0188. The Morgan fingerprint density at radius 2 is 2.00 bits per heavy atom. The first-order chi connectivity index (χ1) is 9.40. The number of hydrogen-bond acceptors (Lipinski definition) is 5. The molecule has 0 aliphatic carbocycles. The number of nitrogens with zero attached hydrogens (tertiary/aromatic N) is 2. The van der Waals surface area contributed by atoms with Crippen LogP contribution in [0.1, 0.15) is 31.5 Å². The monoisotopic (exact) mass is 315 g/mol. The molecule has 0 amide bonds. The van der Waals surface area contributed by atoms with E-state index in [0.717, 1.165) is 0 Å². The standard InChI is InChI=1S/C12H14ClN3O3S/c1-8(2)12-16-15-11(19-12)7-14-20(17,18)10-6-4-3-5-9(10)13/h3-6,8,14H,7H2,1-2H3. The van der Waals surface area contributed by atoms with Gasteiger partial charge in [-0.3, -0.25) is 0 Å². The second-order valence-electron chi connectivity index (χ2n) is 4.44. The Labute approximate surface area is 122 Å². The summed E-state index contributed by atoms with van der Waals surface area (Å²) in [4.78, 5) is 0.0188. The molecule has 20 heavy (non-hydrogen) atoms. The number of rotatable bonds is 5. The molecule has 0 saturated heterocycles. The van der Waals surface area contributed by atoms with Crippen LogP contribution in [0, 0.1) is 0 Å². The normalized spacial score (nSPS) is 12.0. The topological polar surface area (TPSA) is 85.1 Å². The minimum atomic E-state index is -3.71. The molecule has 2 rings (SSSR count). The summed E-state index contributed by atoms with van der Waals surface area (Å²) in [6, 6.07) is 6.20. The average Bonchev–Trinajstić information content (AvgIpc) is 2.86. The van der Waals surface area contributed by atoms with Crippen molar-refractivity contribution in [1.82, 2.24) is 14.9 Å². The third-order valence-electron chi connectivity index (χ3n) is 2.52. The molecule has 0 radical (unpaired) electrons. The van der Waals surface area contributed by atoms with Gasteiger partial charge in [0.15, 0.2) is 0 Å². The number of hydrogen-bond donors (Lipinski definition) is 1. The fourth-order valence-corrected chi connectivity index (χ4v) is 2.96. The summed E-state index contributed by atoms with van der Waals surface area (Å²) in [7, 11) is -3.71. The lowest BCUT2D eigenvalue weighted by Gasteiger charge is -2.06.